The quantitative estimate of drug-likeness (QED) is 0.290. The number of hydrogen-bond acceptors (Lipinski definition) is 8. The van der Waals surface area contributed by atoms with Crippen LogP contribution in [0.25, 0.3) is 0 Å². The third-order valence-corrected chi connectivity index (χ3v) is 8.01. The predicted molar refractivity (Wildman–Crippen MR) is 154 cm³/mol. The minimum absolute atomic E-state index is 0.0237. The smallest absolute Gasteiger partial charge is 0.330 e. The molecule has 0 aromatic heterocycles. The molecule has 4 rings (SSSR count). The third kappa shape index (κ3) is 6.34. The summed E-state index contributed by atoms with van der Waals surface area (Å²) in [5, 5.41) is 20.5. The average molecular weight is 565 g/mol. The summed E-state index contributed by atoms with van der Waals surface area (Å²) in [6.45, 7) is 15.3. The van der Waals surface area contributed by atoms with Crippen LogP contribution in [0.4, 0.5) is 0 Å². The van der Waals surface area contributed by atoms with Crippen LogP contribution in [0.1, 0.15) is 62.8 Å². The lowest BCUT2D eigenvalue weighted by Crippen LogP contribution is -2.27. The highest BCUT2D eigenvalue weighted by Crippen LogP contribution is 2.63. The fourth-order valence-corrected chi connectivity index (χ4v) is 6.44. The topological polar surface area (TPSA) is 112 Å². The molecule has 0 saturated carbocycles. The Bertz CT molecular complexity index is 1220. The summed E-state index contributed by atoms with van der Waals surface area (Å²) >= 11 is 0. The fraction of sp³-hybridized carbons (Fsp3) is 0.455. The van der Waals surface area contributed by atoms with E-state index >= 15 is 0 Å². The van der Waals surface area contributed by atoms with Crippen LogP contribution < -0.4 is 9.47 Å². The van der Waals surface area contributed by atoms with Crippen molar-refractivity contribution in [2.24, 2.45) is 0 Å². The number of esters is 2. The molecule has 2 N–H and O–H groups in total. The summed E-state index contributed by atoms with van der Waals surface area (Å²) in [4.78, 5) is 22.6. The number of aliphatic hydroxyl groups excluding tert-OH is 2. The first-order valence-electron chi connectivity index (χ1n) is 13.8. The molecule has 2 aliphatic rings. The van der Waals surface area contributed by atoms with Crippen LogP contribution >= 0.6 is 0 Å². The second kappa shape index (κ2) is 11.7. The Labute approximate surface area is 241 Å². The number of aliphatic hydroxyl groups is 2. The minimum atomic E-state index is -0.973. The zero-order chi connectivity index (χ0) is 30.0. The maximum atomic E-state index is 11.3. The lowest BCUT2D eigenvalue weighted by atomic mass is 9.72. The van der Waals surface area contributed by atoms with E-state index in [1.807, 2.05) is 12.1 Å². The van der Waals surface area contributed by atoms with Crippen molar-refractivity contribution >= 4 is 11.9 Å². The number of benzene rings is 2. The van der Waals surface area contributed by atoms with Gasteiger partial charge in [-0.3, -0.25) is 0 Å². The average Bonchev–Trinajstić information content (AvgIpc) is 3.31. The van der Waals surface area contributed by atoms with E-state index in [-0.39, 0.29) is 42.7 Å². The van der Waals surface area contributed by atoms with Crippen LogP contribution in [0, 0.1) is 0 Å². The summed E-state index contributed by atoms with van der Waals surface area (Å²) < 4.78 is 21.7. The molecule has 2 aromatic rings. The van der Waals surface area contributed by atoms with E-state index in [1.54, 1.807) is 0 Å². The van der Waals surface area contributed by atoms with Gasteiger partial charge in [0, 0.05) is 17.6 Å². The highest BCUT2D eigenvalue weighted by molar-refractivity contribution is 5.81. The molecule has 2 unspecified atom stereocenters. The molecule has 8 nitrogen and oxygen atoms in total. The van der Waals surface area contributed by atoms with Gasteiger partial charge in [-0.1, -0.05) is 53.0 Å². The molecule has 0 heterocycles. The standard InChI is InChI=1S/C33H40O8/c1-7-29(36)40-17-21(34)15-38-23-9-11-25-27(13-23)33(19-31(25,3)4)20-32(5,6)26-12-10-24(14-28(26)33)39-16-22(35)18-41-30(37)8-2/h7-14,21-22,34-35H,1-2,15-20H2,3-6H3. The van der Waals surface area contributed by atoms with E-state index in [0.29, 0.717) is 11.5 Å². The molecule has 8 heteroatoms. The third-order valence-electron chi connectivity index (χ3n) is 8.01. The van der Waals surface area contributed by atoms with Crippen molar-refractivity contribution < 1.29 is 38.7 Å². The molecular formula is C33H40O8. The van der Waals surface area contributed by atoms with E-state index < -0.39 is 24.1 Å². The number of carbonyl (C=O) groups excluding carboxylic acids is 2. The van der Waals surface area contributed by atoms with Crippen LogP contribution in [0.2, 0.25) is 0 Å². The summed E-state index contributed by atoms with van der Waals surface area (Å²) in [6, 6.07) is 12.2. The Morgan fingerprint density at radius 1 is 0.732 bits per heavy atom. The van der Waals surface area contributed by atoms with E-state index in [4.69, 9.17) is 18.9 Å². The lowest BCUT2D eigenvalue weighted by Gasteiger charge is -2.31. The molecule has 0 fully saturated rings. The Kier molecular flexibility index (Phi) is 8.66. The maximum Gasteiger partial charge on any atom is 0.330 e. The van der Waals surface area contributed by atoms with Crippen molar-refractivity contribution in [2.45, 2.75) is 69.0 Å². The fourth-order valence-electron chi connectivity index (χ4n) is 6.44. The molecule has 0 amide bonds. The van der Waals surface area contributed by atoms with Crippen molar-refractivity contribution in [1.82, 2.24) is 0 Å². The van der Waals surface area contributed by atoms with E-state index in [0.717, 1.165) is 25.0 Å². The van der Waals surface area contributed by atoms with E-state index in [2.05, 4.69) is 65.1 Å². The van der Waals surface area contributed by atoms with Gasteiger partial charge in [-0.05, 0) is 70.2 Å². The van der Waals surface area contributed by atoms with Crippen molar-refractivity contribution in [3.63, 3.8) is 0 Å². The Morgan fingerprint density at radius 2 is 1.12 bits per heavy atom. The van der Waals surface area contributed by atoms with Gasteiger partial charge in [0.05, 0.1) is 0 Å². The monoisotopic (exact) mass is 564 g/mol. The molecule has 1 spiro atoms. The molecule has 0 radical (unpaired) electrons. The normalized spacial score (nSPS) is 20.8. The highest BCUT2D eigenvalue weighted by atomic mass is 16.6. The number of hydrogen-bond donors (Lipinski definition) is 2. The molecule has 0 bridgehead atoms. The van der Waals surface area contributed by atoms with Crippen LogP contribution in [-0.2, 0) is 35.3 Å². The first kappa shape index (κ1) is 30.3. The maximum absolute atomic E-state index is 11.3. The van der Waals surface area contributed by atoms with Crippen LogP contribution in [0.3, 0.4) is 0 Å². The summed E-state index contributed by atoms with van der Waals surface area (Å²) in [5.41, 5.74) is 4.41. The van der Waals surface area contributed by atoms with Gasteiger partial charge in [0.1, 0.15) is 50.1 Å². The summed E-state index contributed by atoms with van der Waals surface area (Å²) in [6.07, 6.45) is 1.96. The van der Waals surface area contributed by atoms with Crippen LogP contribution in [0.15, 0.2) is 61.7 Å². The Morgan fingerprint density at radius 3 is 1.49 bits per heavy atom. The minimum Gasteiger partial charge on any atom is -0.491 e. The number of ether oxygens (including phenoxy) is 4. The first-order valence-corrected chi connectivity index (χ1v) is 13.8. The van der Waals surface area contributed by atoms with Gasteiger partial charge in [0.2, 0.25) is 0 Å². The molecule has 2 atom stereocenters. The van der Waals surface area contributed by atoms with Crippen molar-refractivity contribution in [3.05, 3.63) is 84.0 Å². The zero-order valence-corrected chi connectivity index (χ0v) is 24.3. The molecule has 2 aliphatic carbocycles. The molecule has 0 aliphatic heterocycles. The largest absolute Gasteiger partial charge is 0.491 e. The van der Waals surface area contributed by atoms with Gasteiger partial charge < -0.3 is 29.2 Å². The summed E-state index contributed by atoms with van der Waals surface area (Å²) in [5.74, 6) is 0.0704. The highest BCUT2D eigenvalue weighted by Gasteiger charge is 2.56. The van der Waals surface area contributed by atoms with Gasteiger partial charge in [-0.25, -0.2) is 9.59 Å². The SMILES string of the molecule is C=CC(=O)OCC(O)COc1ccc2c(c1)C1(CC2(C)C)CC(C)(C)c2ccc(OCC(O)COC(=O)C=C)cc21. The summed E-state index contributed by atoms with van der Waals surface area (Å²) in [7, 11) is 0. The van der Waals surface area contributed by atoms with E-state index in [1.165, 1.54) is 22.3 Å². The van der Waals surface area contributed by atoms with Crippen molar-refractivity contribution in [2.75, 3.05) is 26.4 Å². The predicted octanol–water partition coefficient (Wildman–Crippen LogP) is 4.27. The molecule has 41 heavy (non-hydrogen) atoms. The molecule has 2 aromatic carbocycles. The molecule has 0 saturated heterocycles. The van der Waals surface area contributed by atoms with Gasteiger partial charge in [-0.2, -0.15) is 0 Å². The number of fused-ring (bicyclic) bond motifs is 4. The number of carbonyl (C=O) groups is 2. The lowest BCUT2D eigenvalue weighted by molar-refractivity contribution is -0.142. The van der Waals surface area contributed by atoms with Gasteiger partial charge in [-0.15, -0.1) is 0 Å². The van der Waals surface area contributed by atoms with Crippen molar-refractivity contribution in [3.8, 4) is 11.5 Å². The van der Waals surface area contributed by atoms with Gasteiger partial charge in [0.25, 0.3) is 0 Å². The van der Waals surface area contributed by atoms with Gasteiger partial charge >= 0.3 is 11.9 Å². The second-order valence-electron chi connectivity index (χ2n) is 12.2. The van der Waals surface area contributed by atoms with Crippen LogP contribution in [-0.4, -0.2) is 60.8 Å². The molecular weight excluding hydrogens is 524 g/mol. The Hall–Kier alpha value is -3.62. The van der Waals surface area contributed by atoms with Crippen molar-refractivity contribution in [1.29, 1.82) is 0 Å². The second-order valence-corrected chi connectivity index (χ2v) is 12.2. The zero-order valence-electron chi connectivity index (χ0n) is 24.3. The molecule has 220 valence electrons. The van der Waals surface area contributed by atoms with Gasteiger partial charge in [0.15, 0.2) is 0 Å². The Balaban J connectivity index is 1.60. The number of rotatable bonds is 12. The van der Waals surface area contributed by atoms with Crippen LogP contribution in [0.5, 0.6) is 11.5 Å². The first-order chi connectivity index (χ1) is 19.3. The van der Waals surface area contributed by atoms with E-state index in [9.17, 15) is 19.8 Å².